The van der Waals surface area contributed by atoms with Gasteiger partial charge in [0.1, 0.15) is 5.82 Å². The van der Waals surface area contributed by atoms with Crippen LogP contribution in [-0.4, -0.2) is 43.3 Å². The molecule has 1 amide bonds. The Morgan fingerprint density at radius 3 is 2.14 bits per heavy atom. The van der Waals surface area contributed by atoms with Crippen LogP contribution in [0.25, 0.3) is 0 Å². The SMILES string of the molecule is CCOc1cc(C(=O)OCC(=O)Nc2ccc(Cl)cn2)cc(OCC)c1OCC. The van der Waals surface area contributed by atoms with E-state index in [1.807, 2.05) is 20.8 Å². The minimum atomic E-state index is -0.700. The van der Waals surface area contributed by atoms with Crippen LogP contribution in [0, 0.1) is 0 Å². The maximum absolute atomic E-state index is 12.4. The number of halogens is 1. The van der Waals surface area contributed by atoms with Crippen LogP contribution < -0.4 is 19.5 Å². The number of rotatable bonds is 10. The van der Waals surface area contributed by atoms with Crippen molar-refractivity contribution in [3.05, 3.63) is 41.0 Å². The summed E-state index contributed by atoms with van der Waals surface area (Å²) < 4.78 is 21.8. The number of carbonyl (C=O) groups excluding carboxylic acids is 2. The molecule has 2 rings (SSSR count). The fourth-order valence-corrected chi connectivity index (χ4v) is 2.46. The molecule has 0 aliphatic rings. The first-order valence-corrected chi connectivity index (χ1v) is 9.51. The fourth-order valence-electron chi connectivity index (χ4n) is 2.35. The second-order valence-corrected chi connectivity index (χ2v) is 6.02. The average Bonchev–Trinajstić information content (AvgIpc) is 2.70. The van der Waals surface area contributed by atoms with E-state index in [1.54, 1.807) is 6.07 Å². The maximum atomic E-state index is 12.4. The molecule has 29 heavy (non-hydrogen) atoms. The van der Waals surface area contributed by atoms with E-state index in [0.717, 1.165) is 0 Å². The number of amides is 1. The summed E-state index contributed by atoms with van der Waals surface area (Å²) in [7, 11) is 0. The molecule has 0 atom stereocenters. The highest BCUT2D eigenvalue weighted by Crippen LogP contribution is 2.39. The van der Waals surface area contributed by atoms with E-state index in [2.05, 4.69) is 10.3 Å². The Morgan fingerprint density at radius 1 is 1.00 bits per heavy atom. The third kappa shape index (κ3) is 6.53. The molecule has 2 aromatic rings. The van der Waals surface area contributed by atoms with Crippen LogP contribution in [0.4, 0.5) is 5.82 Å². The minimum absolute atomic E-state index is 0.178. The number of esters is 1. The van der Waals surface area contributed by atoms with Crippen LogP contribution in [0.5, 0.6) is 17.2 Å². The third-order valence-electron chi connectivity index (χ3n) is 3.47. The van der Waals surface area contributed by atoms with Gasteiger partial charge in [0.05, 0.1) is 30.4 Å². The van der Waals surface area contributed by atoms with Gasteiger partial charge >= 0.3 is 5.97 Å². The van der Waals surface area contributed by atoms with Crippen LogP contribution in [0.15, 0.2) is 30.5 Å². The van der Waals surface area contributed by atoms with Gasteiger partial charge in [-0.3, -0.25) is 4.79 Å². The Labute approximate surface area is 174 Å². The molecule has 1 heterocycles. The first kappa shape index (κ1) is 22.3. The van der Waals surface area contributed by atoms with Gasteiger partial charge in [-0.1, -0.05) is 11.6 Å². The number of hydrogen-bond donors (Lipinski definition) is 1. The van der Waals surface area contributed by atoms with Gasteiger partial charge in [0.15, 0.2) is 18.1 Å². The summed E-state index contributed by atoms with van der Waals surface area (Å²) in [6.45, 7) is 6.14. The van der Waals surface area contributed by atoms with Crippen molar-refractivity contribution in [1.82, 2.24) is 4.98 Å². The van der Waals surface area contributed by atoms with E-state index in [9.17, 15) is 9.59 Å². The lowest BCUT2D eigenvalue weighted by molar-refractivity contribution is -0.119. The molecule has 1 N–H and O–H groups in total. The van der Waals surface area contributed by atoms with Gasteiger partial charge in [0.25, 0.3) is 5.91 Å². The van der Waals surface area contributed by atoms with E-state index in [0.29, 0.717) is 47.9 Å². The van der Waals surface area contributed by atoms with Crippen molar-refractivity contribution in [1.29, 1.82) is 0 Å². The van der Waals surface area contributed by atoms with Crippen molar-refractivity contribution in [2.45, 2.75) is 20.8 Å². The second-order valence-electron chi connectivity index (χ2n) is 5.59. The molecule has 0 aliphatic heterocycles. The highest BCUT2D eigenvalue weighted by atomic mass is 35.5. The molecule has 1 aromatic carbocycles. The summed E-state index contributed by atoms with van der Waals surface area (Å²) in [5.74, 6) is 0.209. The molecule has 0 spiro atoms. The number of pyridine rings is 1. The molecule has 0 aliphatic carbocycles. The molecule has 156 valence electrons. The van der Waals surface area contributed by atoms with E-state index in [1.165, 1.54) is 24.4 Å². The van der Waals surface area contributed by atoms with Gasteiger partial charge in [-0.05, 0) is 45.0 Å². The number of benzene rings is 1. The lowest BCUT2D eigenvalue weighted by atomic mass is 10.2. The number of nitrogens with one attached hydrogen (secondary N) is 1. The standard InChI is InChI=1S/C20H23ClN2O6/c1-4-26-15-9-13(10-16(27-5-2)19(15)28-6-3)20(25)29-12-18(24)23-17-8-7-14(21)11-22-17/h7-11H,4-6,12H2,1-3H3,(H,22,23,24). The molecule has 0 bridgehead atoms. The Kier molecular flexibility index (Phi) is 8.54. The number of carbonyl (C=O) groups is 2. The fraction of sp³-hybridized carbons (Fsp3) is 0.350. The monoisotopic (exact) mass is 422 g/mol. The normalized spacial score (nSPS) is 10.2. The molecule has 0 fully saturated rings. The number of aromatic nitrogens is 1. The smallest absolute Gasteiger partial charge is 0.338 e. The van der Waals surface area contributed by atoms with E-state index in [4.69, 9.17) is 30.5 Å². The van der Waals surface area contributed by atoms with Crippen LogP contribution in [0.1, 0.15) is 31.1 Å². The van der Waals surface area contributed by atoms with Crippen molar-refractivity contribution in [2.24, 2.45) is 0 Å². The van der Waals surface area contributed by atoms with Gasteiger partial charge in [0.2, 0.25) is 5.75 Å². The zero-order valence-corrected chi connectivity index (χ0v) is 17.2. The summed E-state index contributed by atoms with van der Waals surface area (Å²) in [5.41, 5.74) is 0.178. The van der Waals surface area contributed by atoms with E-state index >= 15 is 0 Å². The van der Waals surface area contributed by atoms with Crippen LogP contribution >= 0.6 is 11.6 Å². The number of ether oxygens (including phenoxy) is 4. The molecule has 0 saturated carbocycles. The van der Waals surface area contributed by atoms with Crippen molar-refractivity contribution in [3.8, 4) is 17.2 Å². The second kappa shape index (κ2) is 11.1. The van der Waals surface area contributed by atoms with Gasteiger partial charge in [-0.25, -0.2) is 9.78 Å². The maximum Gasteiger partial charge on any atom is 0.338 e. The number of hydrogen-bond acceptors (Lipinski definition) is 7. The number of nitrogens with zero attached hydrogens (tertiary/aromatic N) is 1. The largest absolute Gasteiger partial charge is 0.490 e. The minimum Gasteiger partial charge on any atom is -0.490 e. The first-order chi connectivity index (χ1) is 14.0. The molecule has 9 heteroatoms. The lowest BCUT2D eigenvalue weighted by Crippen LogP contribution is -2.21. The summed E-state index contributed by atoms with van der Waals surface area (Å²) in [6.07, 6.45) is 1.40. The molecule has 0 saturated heterocycles. The molecule has 0 radical (unpaired) electrons. The number of anilines is 1. The third-order valence-corrected chi connectivity index (χ3v) is 3.70. The zero-order chi connectivity index (χ0) is 21.2. The molecule has 1 aromatic heterocycles. The quantitative estimate of drug-likeness (QED) is 0.583. The molecule has 8 nitrogen and oxygen atoms in total. The van der Waals surface area contributed by atoms with Crippen molar-refractivity contribution in [3.63, 3.8) is 0 Å². The van der Waals surface area contributed by atoms with Crippen LogP contribution in [0.3, 0.4) is 0 Å². The van der Waals surface area contributed by atoms with Crippen molar-refractivity contribution >= 4 is 29.3 Å². The Bertz CT molecular complexity index is 814. The Morgan fingerprint density at radius 2 is 1.62 bits per heavy atom. The lowest BCUT2D eigenvalue weighted by Gasteiger charge is -2.16. The summed E-state index contributed by atoms with van der Waals surface area (Å²) in [4.78, 5) is 28.4. The zero-order valence-electron chi connectivity index (χ0n) is 16.5. The average molecular weight is 423 g/mol. The van der Waals surface area contributed by atoms with E-state index < -0.39 is 18.5 Å². The van der Waals surface area contributed by atoms with E-state index in [-0.39, 0.29) is 5.56 Å². The Balaban J connectivity index is 2.10. The van der Waals surface area contributed by atoms with Gasteiger partial charge in [-0.15, -0.1) is 0 Å². The first-order valence-electron chi connectivity index (χ1n) is 9.13. The van der Waals surface area contributed by atoms with Gasteiger partial charge < -0.3 is 24.3 Å². The molecule has 0 unspecified atom stereocenters. The molecular formula is C20H23ClN2O6. The highest BCUT2D eigenvalue weighted by molar-refractivity contribution is 6.30. The summed E-state index contributed by atoms with van der Waals surface area (Å²) in [5, 5.41) is 2.95. The predicted molar refractivity (Wildman–Crippen MR) is 108 cm³/mol. The van der Waals surface area contributed by atoms with Crippen molar-refractivity contribution in [2.75, 3.05) is 31.7 Å². The van der Waals surface area contributed by atoms with Crippen LogP contribution in [0.2, 0.25) is 5.02 Å². The van der Waals surface area contributed by atoms with Gasteiger partial charge in [0, 0.05) is 6.20 Å². The summed E-state index contributed by atoms with van der Waals surface area (Å²) in [6, 6.07) is 6.12. The van der Waals surface area contributed by atoms with Gasteiger partial charge in [-0.2, -0.15) is 0 Å². The van der Waals surface area contributed by atoms with Crippen LogP contribution in [-0.2, 0) is 9.53 Å². The molecular weight excluding hydrogens is 400 g/mol. The predicted octanol–water partition coefficient (Wildman–Crippen LogP) is 3.73. The Hall–Kier alpha value is -3.00. The topological polar surface area (TPSA) is 96.0 Å². The van der Waals surface area contributed by atoms with Crippen molar-refractivity contribution < 1.29 is 28.5 Å². The summed E-state index contributed by atoms with van der Waals surface area (Å²) >= 11 is 5.75. The highest BCUT2D eigenvalue weighted by Gasteiger charge is 2.20.